The minimum absolute atomic E-state index is 0.0798. The zero-order valence-corrected chi connectivity index (χ0v) is 16.1. The van der Waals surface area contributed by atoms with Gasteiger partial charge in [-0.1, -0.05) is 29.1 Å². The van der Waals surface area contributed by atoms with Crippen LogP contribution in [0.2, 0.25) is 0 Å². The molecule has 9 heteroatoms. The predicted molar refractivity (Wildman–Crippen MR) is 103 cm³/mol. The second-order valence-corrected chi connectivity index (χ2v) is 6.99. The second kappa shape index (κ2) is 8.36. The molecular weight excluding hydrogens is 368 g/mol. The monoisotopic (exact) mass is 388 g/mol. The highest BCUT2D eigenvalue weighted by Gasteiger charge is 2.18. The second-order valence-electron chi connectivity index (χ2n) is 6.05. The highest BCUT2D eigenvalue weighted by Crippen LogP contribution is 2.21. The van der Waals surface area contributed by atoms with Crippen LogP contribution >= 0.6 is 11.8 Å². The fourth-order valence-corrected chi connectivity index (χ4v) is 3.56. The molecular formula is C18H20N4O4S. The van der Waals surface area contributed by atoms with Gasteiger partial charge in [-0.25, -0.2) is 4.98 Å². The smallest absolute Gasteiger partial charge is 0.262 e. The Morgan fingerprint density at radius 3 is 2.89 bits per heavy atom. The van der Waals surface area contributed by atoms with Crippen LogP contribution in [0.25, 0.3) is 10.9 Å². The average molecular weight is 388 g/mol. The minimum Gasteiger partial charge on any atom is -0.383 e. The summed E-state index contributed by atoms with van der Waals surface area (Å²) in [4.78, 5) is 29.7. The summed E-state index contributed by atoms with van der Waals surface area (Å²) in [6.07, 6.45) is 0. The summed E-state index contributed by atoms with van der Waals surface area (Å²) in [5.41, 5.74) is 0.443. The molecule has 27 heavy (non-hydrogen) atoms. The van der Waals surface area contributed by atoms with E-state index in [9.17, 15) is 9.59 Å². The topological polar surface area (TPSA) is 99.2 Å². The van der Waals surface area contributed by atoms with Crippen LogP contribution in [-0.4, -0.2) is 40.1 Å². The average Bonchev–Trinajstić information content (AvgIpc) is 3.05. The molecule has 3 aromatic rings. The summed E-state index contributed by atoms with van der Waals surface area (Å²) in [5, 5.41) is 7.39. The maximum atomic E-state index is 12.9. The molecule has 8 nitrogen and oxygen atoms in total. The van der Waals surface area contributed by atoms with Gasteiger partial charge in [0.15, 0.2) is 11.0 Å². The normalized spacial score (nSPS) is 12.3. The van der Waals surface area contributed by atoms with Crippen LogP contribution in [-0.2, 0) is 9.53 Å². The fourth-order valence-electron chi connectivity index (χ4n) is 2.67. The van der Waals surface area contributed by atoms with Crippen LogP contribution in [0.15, 0.2) is 44.8 Å². The van der Waals surface area contributed by atoms with E-state index in [0.717, 1.165) is 0 Å². The lowest BCUT2D eigenvalue weighted by Crippen LogP contribution is -2.29. The van der Waals surface area contributed by atoms with Gasteiger partial charge >= 0.3 is 0 Å². The molecule has 0 fully saturated rings. The third-order valence-electron chi connectivity index (χ3n) is 3.85. The van der Waals surface area contributed by atoms with Gasteiger partial charge in [0.2, 0.25) is 5.91 Å². The number of aromatic nitrogens is 3. The van der Waals surface area contributed by atoms with Crippen LogP contribution < -0.4 is 10.9 Å². The molecule has 0 saturated heterocycles. The van der Waals surface area contributed by atoms with E-state index in [0.29, 0.717) is 34.2 Å². The highest BCUT2D eigenvalue weighted by atomic mass is 32.2. The molecule has 0 saturated carbocycles. The molecule has 0 bridgehead atoms. The molecule has 1 aromatic carbocycles. The number of hydrogen-bond acceptors (Lipinski definition) is 7. The molecule has 3 rings (SSSR count). The van der Waals surface area contributed by atoms with Crippen LogP contribution in [0.4, 0.5) is 5.82 Å². The Labute approximate surface area is 159 Å². The molecule has 0 radical (unpaired) electrons. The first-order chi connectivity index (χ1) is 13.0. The van der Waals surface area contributed by atoms with Gasteiger partial charge in [0.25, 0.3) is 5.56 Å². The Balaban J connectivity index is 1.86. The van der Waals surface area contributed by atoms with E-state index < -0.39 is 0 Å². The van der Waals surface area contributed by atoms with Gasteiger partial charge in [0, 0.05) is 13.2 Å². The molecule has 1 N–H and O–H groups in total. The summed E-state index contributed by atoms with van der Waals surface area (Å²) in [5.74, 6) is 0.781. The van der Waals surface area contributed by atoms with E-state index in [-0.39, 0.29) is 23.3 Å². The molecule has 142 valence electrons. The van der Waals surface area contributed by atoms with Crippen LogP contribution in [0.1, 0.15) is 18.7 Å². The van der Waals surface area contributed by atoms with Gasteiger partial charge in [-0.3, -0.25) is 14.2 Å². The fraction of sp³-hybridized carbons (Fsp3) is 0.333. The molecule has 2 heterocycles. The number of aryl methyl sites for hydroxylation is 1. The van der Waals surface area contributed by atoms with Crippen molar-refractivity contribution < 1.29 is 14.1 Å². The number of rotatable bonds is 7. The first-order valence-electron chi connectivity index (χ1n) is 8.35. The molecule has 1 atom stereocenters. The summed E-state index contributed by atoms with van der Waals surface area (Å²) in [7, 11) is 1.58. The van der Waals surface area contributed by atoms with E-state index in [1.54, 1.807) is 42.9 Å². The number of fused-ring (bicyclic) bond motifs is 1. The third-order valence-corrected chi connectivity index (χ3v) is 4.80. The van der Waals surface area contributed by atoms with Crippen molar-refractivity contribution in [3.63, 3.8) is 0 Å². The van der Waals surface area contributed by atoms with E-state index in [1.165, 1.54) is 11.8 Å². The van der Waals surface area contributed by atoms with Gasteiger partial charge < -0.3 is 14.6 Å². The highest BCUT2D eigenvalue weighted by molar-refractivity contribution is 7.99. The van der Waals surface area contributed by atoms with Crippen molar-refractivity contribution in [2.45, 2.75) is 25.0 Å². The number of carbonyl (C=O) groups is 1. The lowest BCUT2D eigenvalue weighted by atomic mass is 10.2. The largest absolute Gasteiger partial charge is 0.383 e. The summed E-state index contributed by atoms with van der Waals surface area (Å²) in [6, 6.07) is 8.57. The summed E-state index contributed by atoms with van der Waals surface area (Å²) >= 11 is 1.19. The number of nitrogens with zero attached hydrogens (tertiary/aromatic N) is 3. The molecule has 2 aromatic heterocycles. The van der Waals surface area contributed by atoms with Crippen molar-refractivity contribution in [2.24, 2.45) is 0 Å². The Morgan fingerprint density at radius 2 is 2.19 bits per heavy atom. The molecule has 0 spiro atoms. The first kappa shape index (κ1) is 19.1. The van der Waals surface area contributed by atoms with Crippen molar-refractivity contribution >= 4 is 34.4 Å². The summed E-state index contributed by atoms with van der Waals surface area (Å²) < 4.78 is 11.7. The standard InChI is InChI=1S/C18H20N4O4S/c1-11(9-25-3)22-17(24)13-6-4-5-7-14(13)19-18(22)27-10-16(23)20-15-8-12(2)26-21-15/h4-8,11H,9-10H2,1-3H3,(H,20,21,23)/t11-/m1/s1. The van der Waals surface area contributed by atoms with Crippen molar-refractivity contribution in [1.29, 1.82) is 0 Å². The maximum Gasteiger partial charge on any atom is 0.262 e. The van der Waals surface area contributed by atoms with Gasteiger partial charge in [0.1, 0.15) is 5.76 Å². The number of benzene rings is 1. The van der Waals surface area contributed by atoms with Crippen molar-refractivity contribution in [2.75, 3.05) is 24.8 Å². The van der Waals surface area contributed by atoms with Gasteiger partial charge in [-0.05, 0) is 26.0 Å². The number of carbonyl (C=O) groups excluding carboxylic acids is 1. The quantitative estimate of drug-likeness (QED) is 0.491. The number of ether oxygens (including phenoxy) is 1. The number of methoxy groups -OCH3 is 1. The van der Waals surface area contributed by atoms with Crippen LogP contribution in [0, 0.1) is 6.92 Å². The van der Waals surface area contributed by atoms with E-state index >= 15 is 0 Å². The van der Waals surface area contributed by atoms with Gasteiger partial charge in [-0.2, -0.15) is 0 Å². The van der Waals surface area contributed by atoms with Crippen LogP contribution in [0.3, 0.4) is 0 Å². The zero-order valence-electron chi connectivity index (χ0n) is 15.3. The molecule has 0 unspecified atom stereocenters. The Morgan fingerprint density at radius 1 is 1.41 bits per heavy atom. The van der Waals surface area contributed by atoms with Crippen molar-refractivity contribution in [3.05, 3.63) is 46.4 Å². The predicted octanol–water partition coefficient (Wildman–Crippen LogP) is 2.63. The van der Waals surface area contributed by atoms with Gasteiger partial charge in [-0.15, -0.1) is 0 Å². The number of nitrogens with one attached hydrogen (secondary N) is 1. The number of para-hydroxylation sites is 1. The van der Waals surface area contributed by atoms with E-state index in [2.05, 4.69) is 15.5 Å². The lowest BCUT2D eigenvalue weighted by molar-refractivity contribution is -0.113. The van der Waals surface area contributed by atoms with Gasteiger partial charge in [0.05, 0.1) is 29.3 Å². The van der Waals surface area contributed by atoms with E-state index in [1.807, 2.05) is 13.0 Å². The molecule has 0 aliphatic carbocycles. The lowest BCUT2D eigenvalue weighted by Gasteiger charge is -2.18. The molecule has 1 amide bonds. The Kier molecular flexibility index (Phi) is 5.92. The third kappa shape index (κ3) is 4.37. The van der Waals surface area contributed by atoms with E-state index in [4.69, 9.17) is 9.26 Å². The maximum absolute atomic E-state index is 12.9. The Hall–Kier alpha value is -2.65. The number of hydrogen-bond donors (Lipinski definition) is 1. The summed E-state index contributed by atoms with van der Waals surface area (Å²) in [6.45, 7) is 3.98. The van der Waals surface area contributed by atoms with Crippen molar-refractivity contribution in [3.8, 4) is 0 Å². The minimum atomic E-state index is -0.262. The zero-order chi connectivity index (χ0) is 19.4. The number of anilines is 1. The molecule has 0 aliphatic rings. The SMILES string of the molecule is COC[C@@H](C)n1c(SCC(=O)Nc2cc(C)on2)nc2ccccc2c1=O. The number of thioether (sulfide) groups is 1. The number of amides is 1. The molecule has 0 aliphatic heterocycles. The van der Waals surface area contributed by atoms with Crippen LogP contribution in [0.5, 0.6) is 0 Å². The van der Waals surface area contributed by atoms with Crippen molar-refractivity contribution in [1.82, 2.24) is 14.7 Å². The first-order valence-corrected chi connectivity index (χ1v) is 9.34. The Bertz CT molecular complexity index is 1010.